The molecule has 0 radical (unpaired) electrons. The Balaban J connectivity index is 1.53. The van der Waals surface area contributed by atoms with Crippen molar-refractivity contribution < 1.29 is 28.2 Å². The van der Waals surface area contributed by atoms with Crippen LogP contribution in [0.1, 0.15) is 63.5 Å². The lowest BCUT2D eigenvalue weighted by Gasteiger charge is -2.49. The maximum absolute atomic E-state index is 14.4. The average molecular weight is 622 g/mol. The van der Waals surface area contributed by atoms with Gasteiger partial charge in [0.1, 0.15) is 28.9 Å². The molecule has 1 amide bonds. The van der Waals surface area contributed by atoms with Crippen molar-refractivity contribution in [3.8, 4) is 5.88 Å². The van der Waals surface area contributed by atoms with Gasteiger partial charge in [-0.3, -0.25) is 0 Å². The zero-order valence-corrected chi connectivity index (χ0v) is 24.8. The number of amides is 1. The lowest BCUT2D eigenvalue weighted by Crippen LogP contribution is -2.64. The number of nitrogens with one attached hydrogen (secondary N) is 3. The van der Waals surface area contributed by atoms with E-state index in [0.717, 1.165) is 6.20 Å². The second-order valence-electron chi connectivity index (χ2n) is 10.7. The van der Waals surface area contributed by atoms with Crippen LogP contribution in [0.15, 0.2) is 29.1 Å². The van der Waals surface area contributed by atoms with E-state index in [2.05, 4.69) is 46.9 Å². The summed E-state index contributed by atoms with van der Waals surface area (Å²) >= 11 is 3.52. The molecule has 3 aromatic heterocycles. The predicted octanol–water partition coefficient (Wildman–Crippen LogP) is 4.01. The van der Waals surface area contributed by atoms with Gasteiger partial charge < -0.3 is 30.2 Å². The Morgan fingerprint density at radius 2 is 2.10 bits per heavy atom. The summed E-state index contributed by atoms with van der Waals surface area (Å²) in [4.78, 5) is 33.2. The van der Waals surface area contributed by atoms with E-state index in [9.17, 15) is 14.0 Å². The normalized spacial score (nSPS) is 19.4. The summed E-state index contributed by atoms with van der Waals surface area (Å²) in [5, 5.41) is 13.6. The van der Waals surface area contributed by atoms with Gasteiger partial charge in [0.25, 0.3) is 0 Å². The van der Waals surface area contributed by atoms with Gasteiger partial charge >= 0.3 is 12.1 Å². The monoisotopic (exact) mass is 621 g/mol. The summed E-state index contributed by atoms with van der Waals surface area (Å²) in [6.45, 7) is 11.7. The van der Waals surface area contributed by atoms with Crippen LogP contribution in [0.5, 0.6) is 5.88 Å². The standard InChI is InChI=1S/C26H33BrFN7O5/c1-7-38-23(36)17-11-32-35-12-18(27)20(33-21(17)35)34-26(6)13-31-19(26)16-8-15(28)10-29-22(16)39-14(2)9-30-24(37)40-25(3,4)5/h8,10-12,14,19,31H,7,9,13H2,1-6H3,(H,30,37)(H,33,34)/t14-,19?,26+/m0/s1. The van der Waals surface area contributed by atoms with Crippen molar-refractivity contribution in [3.05, 3.63) is 46.1 Å². The van der Waals surface area contributed by atoms with Gasteiger partial charge in [-0.05, 0) is 63.5 Å². The largest absolute Gasteiger partial charge is 0.473 e. The molecule has 0 saturated carbocycles. The topological polar surface area (TPSA) is 141 Å². The van der Waals surface area contributed by atoms with Gasteiger partial charge in [0, 0.05) is 18.3 Å². The molecule has 4 rings (SSSR count). The number of ether oxygens (including phenoxy) is 3. The van der Waals surface area contributed by atoms with Gasteiger partial charge in [-0.1, -0.05) is 0 Å². The molecule has 3 aromatic rings. The van der Waals surface area contributed by atoms with Gasteiger partial charge in [0.15, 0.2) is 5.65 Å². The molecule has 3 N–H and O–H groups in total. The maximum atomic E-state index is 14.4. The fraction of sp³-hybridized carbons (Fsp3) is 0.500. The minimum atomic E-state index is -0.635. The van der Waals surface area contributed by atoms with E-state index in [-0.39, 0.29) is 24.6 Å². The Labute approximate surface area is 239 Å². The highest BCUT2D eigenvalue weighted by molar-refractivity contribution is 9.10. The Morgan fingerprint density at radius 1 is 1.35 bits per heavy atom. The fourth-order valence-electron chi connectivity index (χ4n) is 4.20. The molecule has 0 aliphatic carbocycles. The molecule has 1 saturated heterocycles. The fourth-order valence-corrected chi connectivity index (χ4v) is 4.58. The van der Waals surface area contributed by atoms with Gasteiger partial charge in [0.05, 0.1) is 41.6 Å². The van der Waals surface area contributed by atoms with Crippen molar-refractivity contribution in [2.24, 2.45) is 0 Å². The summed E-state index contributed by atoms with van der Waals surface area (Å²) < 4.78 is 32.9. The molecular weight excluding hydrogens is 589 g/mol. The number of nitrogens with zero attached hydrogens (tertiary/aromatic N) is 4. The summed E-state index contributed by atoms with van der Waals surface area (Å²) in [6, 6.07) is 0.963. The third kappa shape index (κ3) is 6.61. The first-order chi connectivity index (χ1) is 18.8. The second kappa shape index (κ2) is 11.5. The van der Waals surface area contributed by atoms with E-state index >= 15 is 0 Å². The minimum absolute atomic E-state index is 0.159. The van der Waals surface area contributed by atoms with Crippen molar-refractivity contribution >= 4 is 39.5 Å². The smallest absolute Gasteiger partial charge is 0.407 e. The molecule has 0 aromatic carbocycles. The van der Waals surface area contributed by atoms with Gasteiger partial charge in [-0.25, -0.2) is 28.5 Å². The number of halogens is 2. The van der Waals surface area contributed by atoms with Gasteiger partial charge in [-0.2, -0.15) is 5.10 Å². The Bertz CT molecular complexity index is 1410. The molecule has 40 heavy (non-hydrogen) atoms. The quantitative estimate of drug-likeness (QED) is 0.300. The van der Waals surface area contributed by atoms with Crippen LogP contribution < -0.4 is 20.7 Å². The molecule has 1 fully saturated rings. The van der Waals surface area contributed by atoms with Crippen molar-refractivity contribution in [2.45, 2.75) is 64.8 Å². The van der Waals surface area contributed by atoms with Crippen molar-refractivity contribution in [3.63, 3.8) is 0 Å². The first-order valence-electron chi connectivity index (χ1n) is 12.8. The van der Waals surface area contributed by atoms with Crippen molar-refractivity contribution in [1.82, 2.24) is 30.2 Å². The van der Waals surface area contributed by atoms with Crippen molar-refractivity contribution in [1.29, 1.82) is 0 Å². The van der Waals surface area contributed by atoms with E-state index in [0.29, 0.717) is 28.0 Å². The number of hydrogen-bond donors (Lipinski definition) is 3. The lowest BCUT2D eigenvalue weighted by molar-refractivity contribution is 0.0500. The number of esters is 1. The van der Waals surface area contributed by atoms with E-state index in [4.69, 9.17) is 14.2 Å². The Kier molecular flexibility index (Phi) is 8.49. The molecule has 0 spiro atoms. The number of fused-ring (bicyclic) bond motifs is 1. The predicted molar refractivity (Wildman–Crippen MR) is 148 cm³/mol. The maximum Gasteiger partial charge on any atom is 0.407 e. The van der Waals surface area contributed by atoms with Crippen LogP contribution in [0, 0.1) is 5.82 Å². The number of carbonyl (C=O) groups excluding carboxylic acids is 2. The van der Waals surface area contributed by atoms with E-state index in [1.807, 2.05) is 6.92 Å². The summed E-state index contributed by atoms with van der Waals surface area (Å²) in [5.41, 5.74) is -0.188. The van der Waals surface area contributed by atoms with Crippen LogP contribution in [0.4, 0.5) is 15.0 Å². The average Bonchev–Trinajstić information content (AvgIpc) is 3.25. The summed E-state index contributed by atoms with van der Waals surface area (Å²) in [5.74, 6) is -0.338. The van der Waals surface area contributed by atoms with Crippen LogP contribution in [0.3, 0.4) is 0 Å². The highest BCUT2D eigenvalue weighted by Crippen LogP contribution is 2.40. The molecule has 1 aliphatic rings. The second-order valence-corrected chi connectivity index (χ2v) is 11.6. The molecular formula is C26H33BrFN7O5. The number of alkyl carbamates (subject to hydrolysis) is 1. The van der Waals surface area contributed by atoms with Crippen LogP contribution in [0.25, 0.3) is 5.65 Å². The number of hydrogen-bond acceptors (Lipinski definition) is 10. The third-order valence-corrected chi connectivity index (χ3v) is 6.64. The minimum Gasteiger partial charge on any atom is -0.473 e. The molecule has 0 bridgehead atoms. The number of aromatic nitrogens is 4. The van der Waals surface area contributed by atoms with Crippen LogP contribution in [-0.2, 0) is 9.47 Å². The lowest BCUT2D eigenvalue weighted by atomic mass is 9.80. The SMILES string of the molecule is CCOC(=O)c1cnn2cc(Br)c(N[C@]3(C)CNC3c3cc(F)cnc3O[C@@H](C)CNC(=O)OC(C)(C)C)nc12. The highest BCUT2D eigenvalue weighted by Gasteiger charge is 2.46. The molecule has 1 unspecified atom stereocenters. The third-order valence-electron chi connectivity index (χ3n) is 6.06. The van der Waals surface area contributed by atoms with E-state index in [1.54, 1.807) is 40.8 Å². The molecule has 4 heterocycles. The molecule has 12 nitrogen and oxygen atoms in total. The zero-order chi connectivity index (χ0) is 29.2. The summed E-state index contributed by atoms with van der Waals surface area (Å²) in [7, 11) is 0. The zero-order valence-electron chi connectivity index (χ0n) is 23.2. The van der Waals surface area contributed by atoms with E-state index < -0.39 is 41.2 Å². The molecule has 14 heteroatoms. The number of anilines is 1. The van der Waals surface area contributed by atoms with Gasteiger partial charge in [0.2, 0.25) is 5.88 Å². The first-order valence-corrected chi connectivity index (χ1v) is 13.6. The number of rotatable bonds is 9. The molecule has 216 valence electrons. The number of pyridine rings is 1. The van der Waals surface area contributed by atoms with Crippen LogP contribution >= 0.6 is 15.9 Å². The summed E-state index contributed by atoms with van der Waals surface area (Å²) in [6.07, 6.45) is 3.14. The number of carbonyl (C=O) groups is 2. The molecule has 3 atom stereocenters. The first kappa shape index (κ1) is 29.5. The Morgan fingerprint density at radius 3 is 2.75 bits per heavy atom. The van der Waals surface area contributed by atoms with E-state index in [1.165, 1.54) is 16.8 Å². The van der Waals surface area contributed by atoms with Crippen molar-refractivity contribution in [2.75, 3.05) is 25.0 Å². The van der Waals surface area contributed by atoms with Crippen LogP contribution in [-0.4, -0.2) is 68.6 Å². The highest BCUT2D eigenvalue weighted by atomic mass is 79.9. The molecule has 1 aliphatic heterocycles. The van der Waals surface area contributed by atoms with Gasteiger partial charge in [-0.15, -0.1) is 0 Å². The van der Waals surface area contributed by atoms with Crippen LogP contribution in [0.2, 0.25) is 0 Å². The Hall–Kier alpha value is -3.52.